The van der Waals surface area contributed by atoms with Crippen LogP contribution in [-0.4, -0.2) is 11.9 Å². The van der Waals surface area contributed by atoms with Crippen molar-refractivity contribution in [3.05, 3.63) is 23.3 Å². The molecule has 0 aliphatic carbocycles. The van der Waals surface area contributed by atoms with Crippen molar-refractivity contribution in [2.24, 2.45) is 0 Å². The van der Waals surface area contributed by atoms with Gasteiger partial charge in [0, 0.05) is 21.6 Å². The van der Waals surface area contributed by atoms with Crippen LogP contribution in [0.5, 0.6) is 5.75 Å². The van der Waals surface area contributed by atoms with Crippen LogP contribution in [0.4, 0.5) is 10.5 Å². The number of rotatable bonds is 2. The van der Waals surface area contributed by atoms with Gasteiger partial charge in [0.1, 0.15) is 5.75 Å². The largest absolute Gasteiger partial charge is 0.496 e. The number of ether oxygens (including phenoxy) is 1. The fourth-order valence-electron chi connectivity index (χ4n) is 1.46. The van der Waals surface area contributed by atoms with E-state index in [4.69, 9.17) is 4.74 Å². The van der Waals surface area contributed by atoms with E-state index in [0.29, 0.717) is 0 Å². The molecule has 0 unspecified atom stereocenters. The van der Waals surface area contributed by atoms with Crippen LogP contribution in [0, 0.1) is 13.8 Å². The van der Waals surface area contributed by atoms with Crippen LogP contribution in [0.2, 0.25) is 0 Å². The molecule has 0 aromatic heterocycles. The lowest BCUT2D eigenvalue weighted by Gasteiger charge is -2.10. The van der Waals surface area contributed by atoms with Gasteiger partial charge in [-0.25, -0.2) is 0 Å². The van der Waals surface area contributed by atoms with Crippen LogP contribution in [0.3, 0.4) is 0 Å². The molecule has 14 heavy (non-hydrogen) atoms. The summed E-state index contributed by atoms with van der Waals surface area (Å²) in [6, 6.07) is 3.73. The summed E-state index contributed by atoms with van der Waals surface area (Å²) >= 11 is 2.81. The number of nitrogens with one attached hydrogen (secondary N) is 1. The lowest BCUT2D eigenvalue weighted by Crippen LogP contribution is -2.02. The molecule has 0 heterocycles. The Kier molecular flexibility index (Phi) is 3.52. The fraction of sp³-hybridized carbons (Fsp3) is 0.300. The van der Waals surface area contributed by atoms with Crippen LogP contribution >= 0.6 is 15.9 Å². The van der Waals surface area contributed by atoms with Gasteiger partial charge in [0.05, 0.1) is 7.11 Å². The van der Waals surface area contributed by atoms with Gasteiger partial charge in [0.2, 0.25) is 0 Å². The Morgan fingerprint density at radius 2 is 1.86 bits per heavy atom. The van der Waals surface area contributed by atoms with Gasteiger partial charge in [-0.1, -0.05) is 0 Å². The van der Waals surface area contributed by atoms with Gasteiger partial charge in [-0.2, -0.15) is 0 Å². The molecule has 0 aliphatic heterocycles. The number of benzene rings is 1. The van der Waals surface area contributed by atoms with Crippen LogP contribution < -0.4 is 10.1 Å². The molecule has 3 nitrogen and oxygen atoms in total. The standard InChI is InChI=1S/C10H12BrNO2/c1-6-4-8(12-10(11)13)5-7(2)9(6)14-3/h4-5H,1-3H3,(H,12,13). The Morgan fingerprint density at radius 3 is 2.21 bits per heavy atom. The minimum absolute atomic E-state index is 0.249. The van der Waals surface area contributed by atoms with E-state index in [0.717, 1.165) is 22.6 Å². The Labute approximate surface area is 91.6 Å². The number of methoxy groups -OCH3 is 1. The van der Waals surface area contributed by atoms with Crippen LogP contribution in [-0.2, 0) is 0 Å². The number of amides is 1. The molecule has 0 saturated heterocycles. The molecule has 1 N–H and O–H groups in total. The molecular weight excluding hydrogens is 246 g/mol. The highest BCUT2D eigenvalue weighted by Gasteiger charge is 2.05. The third kappa shape index (κ3) is 2.48. The number of hydrogen-bond acceptors (Lipinski definition) is 2. The first kappa shape index (κ1) is 11.0. The molecule has 0 fully saturated rings. The van der Waals surface area contributed by atoms with Crippen molar-refractivity contribution in [1.29, 1.82) is 0 Å². The van der Waals surface area contributed by atoms with Crippen LogP contribution in [0.25, 0.3) is 0 Å². The summed E-state index contributed by atoms with van der Waals surface area (Å²) < 4.78 is 5.21. The quantitative estimate of drug-likeness (QED) is 0.653. The van der Waals surface area contributed by atoms with Crippen molar-refractivity contribution in [2.75, 3.05) is 12.4 Å². The number of hydrogen-bond donors (Lipinski definition) is 1. The maximum Gasteiger partial charge on any atom is 0.291 e. The molecule has 0 bridgehead atoms. The summed E-state index contributed by atoms with van der Waals surface area (Å²) in [6.45, 7) is 3.88. The summed E-state index contributed by atoms with van der Waals surface area (Å²) in [5, 5.41) is 2.66. The molecule has 0 radical (unpaired) electrons. The zero-order valence-corrected chi connectivity index (χ0v) is 9.94. The summed E-state index contributed by atoms with van der Waals surface area (Å²) in [7, 11) is 1.64. The Morgan fingerprint density at radius 1 is 1.36 bits per heavy atom. The van der Waals surface area contributed by atoms with Gasteiger partial charge in [0.15, 0.2) is 0 Å². The third-order valence-electron chi connectivity index (χ3n) is 1.91. The third-order valence-corrected chi connectivity index (χ3v) is 2.11. The second-order valence-corrected chi connectivity index (χ2v) is 3.76. The monoisotopic (exact) mass is 257 g/mol. The van der Waals surface area contributed by atoms with Crippen molar-refractivity contribution in [2.45, 2.75) is 13.8 Å². The van der Waals surface area contributed by atoms with E-state index in [2.05, 4.69) is 21.2 Å². The van der Waals surface area contributed by atoms with Crippen molar-refractivity contribution in [3.8, 4) is 5.75 Å². The van der Waals surface area contributed by atoms with E-state index in [1.165, 1.54) is 0 Å². The van der Waals surface area contributed by atoms with Crippen molar-refractivity contribution in [3.63, 3.8) is 0 Å². The topological polar surface area (TPSA) is 38.3 Å². The molecule has 0 atom stereocenters. The number of halogens is 1. The fourth-order valence-corrected chi connectivity index (χ4v) is 1.69. The SMILES string of the molecule is COc1c(C)cc(NC(=O)Br)cc1C. The number of aryl methyl sites for hydroxylation is 2. The minimum Gasteiger partial charge on any atom is -0.496 e. The van der Waals surface area contributed by atoms with Gasteiger partial charge < -0.3 is 10.1 Å². The summed E-state index contributed by atoms with van der Waals surface area (Å²) in [5.74, 6) is 0.859. The highest BCUT2D eigenvalue weighted by molar-refractivity contribution is 9.18. The number of carbonyl (C=O) groups is 1. The van der Waals surface area contributed by atoms with Crippen molar-refractivity contribution in [1.82, 2.24) is 0 Å². The number of anilines is 1. The molecule has 0 aliphatic rings. The molecule has 4 heteroatoms. The second kappa shape index (κ2) is 4.46. The average Bonchev–Trinajstić information content (AvgIpc) is 2.01. The normalized spacial score (nSPS) is 9.71. The van der Waals surface area contributed by atoms with E-state index < -0.39 is 0 Å². The van der Waals surface area contributed by atoms with Crippen molar-refractivity contribution >= 4 is 26.4 Å². The van der Waals surface area contributed by atoms with E-state index in [9.17, 15) is 4.79 Å². The predicted molar refractivity (Wildman–Crippen MR) is 60.4 cm³/mol. The molecule has 1 aromatic rings. The first-order valence-electron chi connectivity index (χ1n) is 4.16. The van der Waals surface area contributed by atoms with Gasteiger partial charge in [0.25, 0.3) is 4.82 Å². The Hall–Kier alpha value is -1.03. The molecule has 1 rings (SSSR count). The average molecular weight is 258 g/mol. The lowest BCUT2D eigenvalue weighted by molar-refractivity contribution is 0.270. The molecule has 76 valence electrons. The van der Waals surface area contributed by atoms with Gasteiger partial charge in [-0.15, -0.1) is 0 Å². The molecular formula is C10H12BrNO2. The zero-order chi connectivity index (χ0) is 10.7. The molecule has 1 aromatic carbocycles. The minimum atomic E-state index is -0.249. The van der Waals surface area contributed by atoms with Gasteiger partial charge >= 0.3 is 0 Å². The first-order chi connectivity index (χ1) is 6.54. The maximum absolute atomic E-state index is 10.8. The first-order valence-corrected chi connectivity index (χ1v) is 4.95. The maximum atomic E-state index is 10.8. The Balaban J connectivity index is 3.07. The smallest absolute Gasteiger partial charge is 0.291 e. The molecule has 0 spiro atoms. The van der Waals surface area contributed by atoms with Gasteiger partial charge in [-0.3, -0.25) is 4.79 Å². The van der Waals surface area contributed by atoms with E-state index in [1.807, 2.05) is 26.0 Å². The highest BCUT2D eigenvalue weighted by Crippen LogP contribution is 2.26. The lowest BCUT2D eigenvalue weighted by atomic mass is 10.1. The highest BCUT2D eigenvalue weighted by atomic mass is 79.9. The van der Waals surface area contributed by atoms with E-state index in [-0.39, 0.29) is 4.82 Å². The molecule has 1 amide bonds. The molecule has 0 saturated carbocycles. The second-order valence-electron chi connectivity index (χ2n) is 3.04. The van der Waals surface area contributed by atoms with E-state index in [1.54, 1.807) is 7.11 Å². The summed E-state index contributed by atoms with van der Waals surface area (Å²) in [5.41, 5.74) is 2.77. The van der Waals surface area contributed by atoms with Crippen molar-refractivity contribution < 1.29 is 9.53 Å². The van der Waals surface area contributed by atoms with Crippen LogP contribution in [0.15, 0.2) is 12.1 Å². The van der Waals surface area contributed by atoms with Crippen LogP contribution in [0.1, 0.15) is 11.1 Å². The van der Waals surface area contributed by atoms with E-state index >= 15 is 0 Å². The number of carbonyl (C=O) groups excluding carboxylic acids is 1. The van der Waals surface area contributed by atoms with Gasteiger partial charge in [-0.05, 0) is 37.1 Å². The summed E-state index contributed by atoms with van der Waals surface area (Å²) in [4.78, 5) is 10.5. The Bertz CT molecular complexity index is 340. The zero-order valence-electron chi connectivity index (χ0n) is 8.35. The summed E-state index contributed by atoms with van der Waals surface area (Å²) in [6.07, 6.45) is 0. The predicted octanol–water partition coefficient (Wildman–Crippen LogP) is 3.24.